The number of piperazine rings is 1. The molecule has 1 atom stereocenters. The van der Waals surface area contributed by atoms with E-state index in [4.69, 9.17) is 0 Å². The van der Waals surface area contributed by atoms with Gasteiger partial charge in [-0.1, -0.05) is 54.6 Å². The average Bonchev–Trinajstić information content (AvgIpc) is 2.89. The number of benzene rings is 2. The molecule has 122 valence electrons. The van der Waals surface area contributed by atoms with Gasteiger partial charge in [-0.3, -0.25) is 9.69 Å². The molecule has 0 saturated carbocycles. The molecule has 1 heterocycles. The molecular formula is C21H22N2O. The third-order valence-electron chi connectivity index (χ3n) is 5.08. The van der Waals surface area contributed by atoms with E-state index in [1.165, 1.54) is 0 Å². The van der Waals surface area contributed by atoms with E-state index < -0.39 is 0 Å². The van der Waals surface area contributed by atoms with Crippen molar-refractivity contribution < 1.29 is 4.79 Å². The number of hydrogen-bond acceptors (Lipinski definition) is 3. The number of rotatable bonds is 2. The summed E-state index contributed by atoms with van der Waals surface area (Å²) >= 11 is 0. The summed E-state index contributed by atoms with van der Waals surface area (Å²) in [5.41, 5.74) is 4.03. The van der Waals surface area contributed by atoms with E-state index in [0.717, 1.165) is 48.4 Å². The molecule has 0 N–H and O–H groups in total. The molecular weight excluding hydrogens is 296 g/mol. The van der Waals surface area contributed by atoms with E-state index >= 15 is 0 Å². The Hall–Kier alpha value is -2.23. The van der Waals surface area contributed by atoms with Crippen molar-refractivity contribution in [3.8, 4) is 0 Å². The number of carbonyl (C=O) groups is 1. The van der Waals surface area contributed by atoms with Crippen molar-refractivity contribution in [1.29, 1.82) is 0 Å². The number of carbonyl (C=O) groups excluding carboxylic acids is 1. The fraction of sp³-hybridized carbons (Fsp3) is 0.286. The lowest BCUT2D eigenvalue weighted by atomic mass is 10.0. The highest BCUT2D eigenvalue weighted by Crippen LogP contribution is 2.41. The summed E-state index contributed by atoms with van der Waals surface area (Å²) in [5.74, 6) is 0.179. The minimum atomic E-state index is 0.0857. The maximum absolute atomic E-state index is 13.0. The van der Waals surface area contributed by atoms with E-state index in [0.29, 0.717) is 0 Å². The van der Waals surface area contributed by atoms with Crippen LogP contribution in [0.5, 0.6) is 0 Å². The Morgan fingerprint density at radius 2 is 1.58 bits per heavy atom. The highest BCUT2D eigenvalue weighted by molar-refractivity contribution is 6.16. The molecule has 1 aliphatic heterocycles. The second-order valence-corrected chi connectivity index (χ2v) is 6.67. The Kier molecular flexibility index (Phi) is 4.05. The number of Topliss-reactive ketones (excluding diaryl/α,β-unsaturated/α-hetero) is 1. The quantitative estimate of drug-likeness (QED) is 0.794. The maximum atomic E-state index is 13.0. The van der Waals surface area contributed by atoms with Gasteiger partial charge in [0, 0.05) is 37.3 Å². The Morgan fingerprint density at radius 1 is 0.917 bits per heavy atom. The monoisotopic (exact) mass is 318 g/mol. The van der Waals surface area contributed by atoms with Gasteiger partial charge >= 0.3 is 0 Å². The molecule has 1 aliphatic carbocycles. The van der Waals surface area contributed by atoms with Gasteiger partial charge in [0.05, 0.1) is 6.04 Å². The first kappa shape index (κ1) is 15.3. The van der Waals surface area contributed by atoms with Gasteiger partial charge in [-0.05, 0) is 24.3 Å². The molecule has 2 aromatic carbocycles. The van der Waals surface area contributed by atoms with Gasteiger partial charge < -0.3 is 4.90 Å². The highest BCUT2D eigenvalue weighted by atomic mass is 16.1. The third-order valence-corrected chi connectivity index (χ3v) is 5.08. The van der Waals surface area contributed by atoms with Crippen LogP contribution in [0.25, 0.3) is 6.08 Å². The zero-order valence-electron chi connectivity index (χ0n) is 14.0. The summed E-state index contributed by atoms with van der Waals surface area (Å²) in [4.78, 5) is 17.8. The highest BCUT2D eigenvalue weighted by Gasteiger charge is 2.38. The lowest BCUT2D eigenvalue weighted by molar-refractivity contribution is 0.0996. The first-order valence-electron chi connectivity index (χ1n) is 8.57. The number of nitrogens with zero attached hydrogens (tertiary/aromatic N) is 2. The lowest BCUT2D eigenvalue weighted by Crippen LogP contribution is -2.46. The lowest BCUT2D eigenvalue weighted by Gasteiger charge is -2.37. The van der Waals surface area contributed by atoms with E-state index in [-0.39, 0.29) is 11.8 Å². The first-order chi connectivity index (χ1) is 11.7. The SMILES string of the molecule is CN1CCN(C2C(=Cc3ccccc3)C(=O)c3ccccc32)CC1. The topological polar surface area (TPSA) is 23.6 Å². The Bertz CT molecular complexity index is 773. The zero-order valence-corrected chi connectivity index (χ0v) is 14.0. The van der Waals surface area contributed by atoms with Crippen molar-refractivity contribution in [2.45, 2.75) is 6.04 Å². The summed E-state index contributed by atoms with van der Waals surface area (Å²) in [6.07, 6.45) is 2.07. The summed E-state index contributed by atoms with van der Waals surface area (Å²) in [6.45, 7) is 4.08. The molecule has 3 heteroatoms. The summed E-state index contributed by atoms with van der Waals surface area (Å²) in [6, 6.07) is 18.3. The maximum Gasteiger partial charge on any atom is 0.191 e. The van der Waals surface area contributed by atoms with Gasteiger partial charge in [-0.2, -0.15) is 0 Å². The van der Waals surface area contributed by atoms with Crippen LogP contribution in [-0.4, -0.2) is 48.8 Å². The molecule has 2 aromatic rings. The Balaban J connectivity index is 1.77. The molecule has 3 nitrogen and oxygen atoms in total. The number of fused-ring (bicyclic) bond motifs is 1. The summed E-state index contributed by atoms with van der Waals surface area (Å²) < 4.78 is 0. The minimum Gasteiger partial charge on any atom is -0.304 e. The second-order valence-electron chi connectivity index (χ2n) is 6.67. The van der Waals surface area contributed by atoms with Gasteiger partial charge in [0.15, 0.2) is 5.78 Å². The Labute approximate surface area is 143 Å². The molecule has 0 spiro atoms. The van der Waals surface area contributed by atoms with E-state index in [2.05, 4.69) is 41.1 Å². The van der Waals surface area contributed by atoms with Crippen LogP contribution < -0.4 is 0 Å². The van der Waals surface area contributed by atoms with Crippen LogP contribution >= 0.6 is 0 Å². The minimum absolute atomic E-state index is 0.0857. The number of ketones is 1. The molecule has 0 radical (unpaired) electrons. The van der Waals surface area contributed by atoms with Gasteiger partial charge in [0.1, 0.15) is 0 Å². The van der Waals surface area contributed by atoms with Crippen molar-refractivity contribution >= 4 is 11.9 Å². The van der Waals surface area contributed by atoms with Crippen LogP contribution in [0, 0.1) is 0 Å². The van der Waals surface area contributed by atoms with Crippen molar-refractivity contribution in [3.63, 3.8) is 0 Å². The van der Waals surface area contributed by atoms with Gasteiger partial charge in [-0.25, -0.2) is 0 Å². The van der Waals surface area contributed by atoms with Crippen LogP contribution in [0.3, 0.4) is 0 Å². The first-order valence-corrected chi connectivity index (χ1v) is 8.57. The van der Waals surface area contributed by atoms with Gasteiger partial charge in [-0.15, -0.1) is 0 Å². The van der Waals surface area contributed by atoms with Crippen LogP contribution in [0.2, 0.25) is 0 Å². The summed E-state index contributed by atoms with van der Waals surface area (Å²) in [5, 5.41) is 0. The number of hydrogen-bond donors (Lipinski definition) is 0. The molecule has 4 rings (SSSR count). The number of likely N-dealkylation sites (N-methyl/N-ethyl adjacent to an activating group) is 1. The van der Waals surface area contributed by atoms with Crippen molar-refractivity contribution in [2.75, 3.05) is 33.2 Å². The molecule has 1 fully saturated rings. The van der Waals surface area contributed by atoms with E-state index in [1.54, 1.807) is 0 Å². The van der Waals surface area contributed by atoms with E-state index in [9.17, 15) is 4.79 Å². The molecule has 1 saturated heterocycles. The van der Waals surface area contributed by atoms with Crippen molar-refractivity contribution in [1.82, 2.24) is 9.80 Å². The fourth-order valence-electron chi connectivity index (χ4n) is 3.74. The van der Waals surface area contributed by atoms with Gasteiger partial charge in [0.2, 0.25) is 0 Å². The third kappa shape index (κ3) is 2.70. The standard InChI is InChI=1S/C21H22N2O/c1-22-11-13-23(14-12-22)20-17-9-5-6-10-18(17)21(24)19(20)15-16-7-3-2-4-8-16/h2-10,15,20H,11-14H2,1H3. The molecule has 1 unspecified atom stereocenters. The van der Waals surface area contributed by atoms with Crippen molar-refractivity contribution in [3.05, 3.63) is 76.9 Å². The predicted molar refractivity (Wildman–Crippen MR) is 97.0 cm³/mol. The molecule has 0 aromatic heterocycles. The predicted octanol–water partition coefficient (Wildman–Crippen LogP) is 3.26. The summed E-state index contributed by atoms with van der Waals surface area (Å²) in [7, 11) is 2.16. The molecule has 0 bridgehead atoms. The van der Waals surface area contributed by atoms with Crippen molar-refractivity contribution in [2.24, 2.45) is 0 Å². The smallest absolute Gasteiger partial charge is 0.191 e. The molecule has 0 amide bonds. The molecule has 24 heavy (non-hydrogen) atoms. The normalized spacial score (nSPS) is 23.6. The van der Waals surface area contributed by atoms with Crippen LogP contribution in [0.4, 0.5) is 0 Å². The average molecular weight is 318 g/mol. The van der Waals surface area contributed by atoms with E-state index in [1.807, 2.05) is 36.4 Å². The second kappa shape index (κ2) is 6.34. The van der Waals surface area contributed by atoms with Crippen LogP contribution in [-0.2, 0) is 0 Å². The fourth-order valence-corrected chi connectivity index (χ4v) is 3.74. The molecule has 2 aliphatic rings. The largest absolute Gasteiger partial charge is 0.304 e. The van der Waals surface area contributed by atoms with Crippen LogP contribution in [0.15, 0.2) is 60.2 Å². The Morgan fingerprint density at radius 3 is 2.33 bits per heavy atom. The zero-order chi connectivity index (χ0) is 16.5. The van der Waals surface area contributed by atoms with Crippen LogP contribution in [0.1, 0.15) is 27.5 Å². The van der Waals surface area contributed by atoms with Gasteiger partial charge in [0.25, 0.3) is 0 Å².